The molecule has 0 atom stereocenters. The van der Waals surface area contributed by atoms with Gasteiger partial charge in [0.25, 0.3) is 0 Å². The molecule has 1 aromatic carbocycles. The van der Waals surface area contributed by atoms with Crippen molar-refractivity contribution in [1.82, 2.24) is 9.80 Å². The minimum Gasteiger partial charge on any atom is -0.495 e. The van der Waals surface area contributed by atoms with Gasteiger partial charge in [-0.15, -0.1) is 0 Å². The number of piperazine rings is 1. The molecule has 2 rings (SSSR count). The van der Waals surface area contributed by atoms with Crippen LogP contribution in [0.4, 0.5) is 10.5 Å². The molecule has 0 unspecified atom stereocenters. The highest BCUT2D eigenvalue weighted by Crippen LogP contribution is 2.36. The molecule has 0 radical (unpaired) electrons. The summed E-state index contributed by atoms with van der Waals surface area (Å²) in [5.74, 6) is 1.01. The van der Waals surface area contributed by atoms with Gasteiger partial charge in [-0.1, -0.05) is 31.4 Å². The lowest BCUT2D eigenvalue weighted by Crippen LogP contribution is -2.50. The molecule has 140 valence electrons. The SMILES string of the molecule is CCCCCN1CCN(C(=O)Nc2cc(OC)c(Cl)cc2OC)CC1. The molecule has 25 heavy (non-hydrogen) atoms. The number of hydrogen-bond donors (Lipinski definition) is 1. The standard InChI is InChI=1S/C18H28ClN3O3/c1-4-5-6-7-21-8-10-22(11-9-21)18(23)20-15-13-16(24-2)14(19)12-17(15)25-3/h12-13H,4-11H2,1-3H3,(H,20,23). The third-order valence-electron chi connectivity index (χ3n) is 4.45. The van der Waals surface area contributed by atoms with Crippen LogP contribution in [0.25, 0.3) is 0 Å². The van der Waals surface area contributed by atoms with Gasteiger partial charge < -0.3 is 19.7 Å². The van der Waals surface area contributed by atoms with Gasteiger partial charge in [0.2, 0.25) is 0 Å². The lowest BCUT2D eigenvalue weighted by molar-refractivity contribution is 0.146. The molecule has 7 heteroatoms. The Morgan fingerprint density at radius 3 is 2.40 bits per heavy atom. The van der Waals surface area contributed by atoms with Gasteiger partial charge in [0.1, 0.15) is 11.5 Å². The van der Waals surface area contributed by atoms with E-state index >= 15 is 0 Å². The molecule has 0 aromatic heterocycles. The number of anilines is 1. The number of amides is 2. The number of halogens is 1. The number of carbonyl (C=O) groups is 1. The summed E-state index contributed by atoms with van der Waals surface area (Å²) in [7, 11) is 3.08. The van der Waals surface area contributed by atoms with Crippen LogP contribution >= 0.6 is 11.6 Å². The number of ether oxygens (including phenoxy) is 2. The fourth-order valence-corrected chi connectivity index (χ4v) is 3.14. The van der Waals surface area contributed by atoms with E-state index < -0.39 is 0 Å². The second-order valence-corrected chi connectivity index (χ2v) is 6.56. The first-order valence-corrected chi connectivity index (χ1v) is 9.16. The quantitative estimate of drug-likeness (QED) is 0.744. The maximum Gasteiger partial charge on any atom is 0.322 e. The smallest absolute Gasteiger partial charge is 0.322 e. The van der Waals surface area contributed by atoms with Gasteiger partial charge in [0.15, 0.2) is 0 Å². The summed E-state index contributed by atoms with van der Waals surface area (Å²) in [6.45, 7) is 6.61. The molecule has 0 saturated carbocycles. The van der Waals surface area contributed by atoms with Crippen molar-refractivity contribution in [2.24, 2.45) is 0 Å². The van der Waals surface area contributed by atoms with Gasteiger partial charge in [0, 0.05) is 38.3 Å². The molecule has 0 bridgehead atoms. The third kappa shape index (κ3) is 5.41. The molecule has 0 aliphatic carbocycles. The molecule has 1 fully saturated rings. The number of carbonyl (C=O) groups excluding carboxylic acids is 1. The Bertz CT molecular complexity index is 575. The van der Waals surface area contributed by atoms with E-state index in [4.69, 9.17) is 21.1 Å². The second-order valence-electron chi connectivity index (χ2n) is 6.15. The van der Waals surface area contributed by atoms with Crippen LogP contribution in [-0.2, 0) is 0 Å². The summed E-state index contributed by atoms with van der Waals surface area (Å²) in [6, 6.07) is 3.19. The Hall–Kier alpha value is -1.66. The van der Waals surface area contributed by atoms with Crippen molar-refractivity contribution in [1.29, 1.82) is 0 Å². The molecule has 2 amide bonds. The number of urea groups is 1. The van der Waals surface area contributed by atoms with Crippen LogP contribution in [0.15, 0.2) is 12.1 Å². The van der Waals surface area contributed by atoms with Crippen LogP contribution in [-0.4, -0.2) is 62.8 Å². The van der Waals surface area contributed by atoms with Crippen molar-refractivity contribution in [3.05, 3.63) is 17.2 Å². The van der Waals surface area contributed by atoms with Gasteiger partial charge >= 0.3 is 6.03 Å². The number of unbranched alkanes of at least 4 members (excludes halogenated alkanes) is 2. The van der Waals surface area contributed by atoms with Crippen LogP contribution in [0.1, 0.15) is 26.2 Å². The average molecular weight is 370 g/mol. The predicted octanol–water partition coefficient (Wildman–Crippen LogP) is 3.70. The summed E-state index contributed by atoms with van der Waals surface area (Å²) in [5.41, 5.74) is 0.555. The monoisotopic (exact) mass is 369 g/mol. The maximum absolute atomic E-state index is 12.6. The van der Waals surface area contributed by atoms with E-state index in [1.165, 1.54) is 26.4 Å². The van der Waals surface area contributed by atoms with Crippen molar-refractivity contribution >= 4 is 23.3 Å². The summed E-state index contributed by atoms with van der Waals surface area (Å²) >= 11 is 6.10. The molecule has 6 nitrogen and oxygen atoms in total. The van der Waals surface area contributed by atoms with Crippen molar-refractivity contribution in [2.75, 3.05) is 52.3 Å². The highest BCUT2D eigenvalue weighted by atomic mass is 35.5. The first-order valence-electron chi connectivity index (χ1n) is 8.78. The molecule has 0 spiro atoms. The fourth-order valence-electron chi connectivity index (χ4n) is 2.91. The summed E-state index contributed by atoms with van der Waals surface area (Å²) in [4.78, 5) is 16.8. The average Bonchev–Trinajstić information content (AvgIpc) is 2.63. The van der Waals surface area contributed by atoms with Crippen molar-refractivity contribution in [3.8, 4) is 11.5 Å². The van der Waals surface area contributed by atoms with Crippen LogP contribution in [0.5, 0.6) is 11.5 Å². The number of hydrogen-bond acceptors (Lipinski definition) is 4. The number of methoxy groups -OCH3 is 2. The van der Waals surface area contributed by atoms with Crippen LogP contribution in [0.3, 0.4) is 0 Å². The lowest BCUT2D eigenvalue weighted by atomic mass is 10.2. The number of rotatable bonds is 7. The van der Waals surface area contributed by atoms with Crippen molar-refractivity contribution in [2.45, 2.75) is 26.2 Å². The Labute approximate surface area is 155 Å². The number of nitrogens with zero attached hydrogens (tertiary/aromatic N) is 2. The zero-order valence-electron chi connectivity index (χ0n) is 15.3. The molecule has 1 aliphatic heterocycles. The lowest BCUT2D eigenvalue weighted by Gasteiger charge is -2.34. The van der Waals surface area contributed by atoms with Gasteiger partial charge in [-0.2, -0.15) is 0 Å². The normalized spacial score (nSPS) is 15.1. The van der Waals surface area contributed by atoms with Gasteiger partial charge in [-0.05, 0) is 13.0 Å². The van der Waals surface area contributed by atoms with Crippen LogP contribution in [0, 0.1) is 0 Å². The molecule has 1 N–H and O–H groups in total. The Morgan fingerprint density at radius 1 is 1.12 bits per heavy atom. The molecule has 1 heterocycles. The Kier molecular flexibility index (Phi) is 7.65. The van der Waals surface area contributed by atoms with E-state index in [1.54, 1.807) is 19.2 Å². The topological polar surface area (TPSA) is 54.0 Å². The summed E-state index contributed by atoms with van der Waals surface area (Å²) in [6.07, 6.45) is 3.72. The van der Waals surface area contributed by atoms with Crippen molar-refractivity contribution in [3.63, 3.8) is 0 Å². The van der Waals surface area contributed by atoms with E-state index in [1.807, 2.05) is 4.90 Å². The Morgan fingerprint density at radius 2 is 1.80 bits per heavy atom. The zero-order valence-corrected chi connectivity index (χ0v) is 16.1. The van der Waals surface area contributed by atoms with Gasteiger partial charge in [-0.25, -0.2) is 4.79 Å². The highest BCUT2D eigenvalue weighted by molar-refractivity contribution is 6.32. The van der Waals surface area contributed by atoms with Crippen molar-refractivity contribution < 1.29 is 14.3 Å². The summed E-state index contributed by atoms with van der Waals surface area (Å²) < 4.78 is 10.5. The molecule has 1 aromatic rings. The minimum atomic E-state index is -0.129. The fraction of sp³-hybridized carbons (Fsp3) is 0.611. The van der Waals surface area contributed by atoms with E-state index in [-0.39, 0.29) is 6.03 Å². The highest BCUT2D eigenvalue weighted by Gasteiger charge is 2.22. The molecular weight excluding hydrogens is 342 g/mol. The number of benzene rings is 1. The van der Waals surface area contributed by atoms with Crippen LogP contribution < -0.4 is 14.8 Å². The predicted molar refractivity (Wildman–Crippen MR) is 101 cm³/mol. The van der Waals surface area contributed by atoms with E-state index in [9.17, 15) is 4.79 Å². The first-order chi connectivity index (χ1) is 12.1. The van der Waals surface area contributed by atoms with Gasteiger partial charge in [-0.3, -0.25) is 4.90 Å². The van der Waals surface area contributed by atoms with E-state index in [0.29, 0.717) is 22.2 Å². The Balaban J connectivity index is 1.92. The number of nitrogens with one attached hydrogen (secondary N) is 1. The van der Waals surface area contributed by atoms with E-state index in [2.05, 4.69) is 17.1 Å². The molecule has 1 aliphatic rings. The second kappa shape index (κ2) is 9.73. The molecule has 1 saturated heterocycles. The minimum absolute atomic E-state index is 0.129. The molecular formula is C18H28ClN3O3. The van der Waals surface area contributed by atoms with E-state index in [0.717, 1.165) is 32.7 Å². The zero-order chi connectivity index (χ0) is 18.2. The maximum atomic E-state index is 12.6. The first kappa shape index (κ1) is 19.7. The van der Waals surface area contributed by atoms with Crippen LogP contribution in [0.2, 0.25) is 5.02 Å². The third-order valence-corrected chi connectivity index (χ3v) is 4.75. The van der Waals surface area contributed by atoms with Gasteiger partial charge in [0.05, 0.1) is 24.9 Å². The largest absolute Gasteiger partial charge is 0.495 e. The summed E-state index contributed by atoms with van der Waals surface area (Å²) in [5, 5.41) is 3.35.